The zero-order chi connectivity index (χ0) is 30.4. The number of sulfonamides is 1. The highest BCUT2D eigenvalue weighted by Crippen LogP contribution is 2.31. The van der Waals surface area contributed by atoms with Gasteiger partial charge in [-0.05, 0) is 43.2 Å². The lowest BCUT2D eigenvalue weighted by molar-refractivity contribution is -0.106. The highest BCUT2D eigenvalue weighted by atomic mass is 35.5. The fraction of sp³-hybridized carbons (Fsp3) is 0.258. The van der Waals surface area contributed by atoms with Crippen LogP contribution in [-0.2, 0) is 34.4 Å². The third-order valence-electron chi connectivity index (χ3n) is 6.73. The molecule has 11 heteroatoms. The Labute approximate surface area is 255 Å². The molecule has 0 saturated heterocycles. The maximum Gasteiger partial charge on any atom is 0.262 e. The van der Waals surface area contributed by atoms with Crippen LogP contribution >= 0.6 is 23.2 Å². The molecule has 3 aromatic carbocycles. The average molecular weight is 629 g/mol. The van der Waals surface area contributed by atoms with Crippen LogP contribution in [0, 0.1) is 6.92 Å². The van der Waals surface area contributed by atoms with Gasteiger partial charge in [-0.2, -0.15) is 0 Å². The van der Waals surface area contributed by atoms with Gasteiger partial charge in [-0.1, -0.05) is 79.0 Å². The molecule has 0 saturated carbocycles. The quantitative estimate of drug-likeness (QED) is 0.168. The molecule has 8 nitrogen and oxygen atoms in total. The highest BCUT2D eigenvalue weighted by molar-refractivity contribution is 7.92. The molecule has 0 spiro atoms. The first kappa shape index (κ1) is 31.3. The zero-order valence-electron chi connectivity index (χ0n) is 23.5. The van der Waals surface area contributed by atoms with Gasteiger partial charge in [-0.15, -0.1) is 0 Å². The smallest absolute Gasteiger partial charge is 0.262 e. The van der Waals surface area contributed by atoms with Crippen molar-refractivity contribution in [3.8, 4) is 16.9 Å². The van der Waals surface area contributed by atoms with Gasteiger partial charge in [-0.3, -0.25) is 14.2 Å². The number of hydrogen-bond donors (Lipinski definition) is 0. The second-order valence-corrected chi connectivity index (χ2v) is 12.5. The van der Waals surface area contributed by atoms with Gasteiger partial charge in [0, 0.05) is 22.6 Å². The normalized spacial score (nSPS) is 11.4. The van der Waals surface area contributed by atoms with E-state index in [0.717, 1.165) is 30.5 Å². The third kappa shape index (κ3) is 7.03. The van der Waals surface area contributed by atoms with E-state index in [1.165, 1.54) is 6.07 Å². The molecule has 0 radical (unpaired) electrons. The van der Waals surface area contributed by atoms with Gasteiger partial charge >= 0.3 is 0 Å². The van der Waals surface area contributed by atoms with Crippen molar-refractivity contribution >= 4 is 45.3 Å². The van der Waals surface area contributed by atoms with Crippen molar-refractivity contribution < 1.29 is 17.9 Å². The van der Waals surface area contributed by atoms with Gasteiger partial charge in [-0.25, -0.2) is 17.7 Å². The Morgan fingerprint density at radius 2 is 1.74 bits per heavy atom. The summed E-state index contributed by atoms with van der Waals surface area (Å²) in [7, 11) is -3.84. The van der Waals surface area contributed by atoms with Crippen LogP contribution in [0.4, 0.5) is 5.69 Å². The summed E-state index contributed by atoms with van der Waals surface area (Å²) in [6.07, 6.45) is 3.69. The Bertz CT molecular complexity index is 1760. The van der Waals surface area contributed by atoms with Crippen LogP contribution in [0.5, 0.6) is 5.75 Å². The van der Waals surface area contributed by atoms with Crippen molar-refractivity contribution in [2.45, 2.75) is 46.3 Å². The number of anilines is 1. The fourth-order valence-electron chi connectivity index (χ4n) is 4.58. The van der Waals surface area contributed by atoms with Crippen LogP contribution in [0.3, 0.4) is 0 Å². The SMILES string of the molecule is CCCCc1nc(C)c(-c2ccccc2Cl)c(=O)n1Cc1ccc(OCc2cccc(N(C=O)S(C)(=O)=O)c2Cl)cc1. The molecule has 0 fully saturated rings. The molecule has 42 heavy (non-hydrogen) atoms. The Morgan fingerprint density at radius 3 is 2.38 bits per heavy atom. The first-order valence-electron chi connectivity index (χ1n) is 13.3. The van der Waals surface area contributed by atoms with E-state index >= 15 is 0 Å². The van der Waals surface area contributed by atoms with Crippen LogP contribution in [0.15, 0.2) is 71.5 Å². The number of ether oxygens (including phenoxy) is 1. The summed E-state index contributed by atoms with van der Waals surface area (Å²) in [5.41, 5.74) is 3.10. The fourth-order valence-corrected chi connectivity index (χ4v) is 5.79. The van der Waals surface area contributed by atoms with E-state index in [2.05, 4.69) is 6.92 Å². The predicted molar refractivity (Wildman–Crippen MR) is 167 cm³/mol. The number of carbonyl (C=O) groups is 1. The molecule has 0 aliphatic rings. The second kappa shape index (κ2) is 13.5. The largest absolute Gasteiger partial charge is 0.489 e. The Hall–Kier alpha value is -3.66. The lowest BCUT2D eigenvalue weighted by Gasteiger charge is -2.18. The van der Waals surface area contributed by atoms with Gasteiger partial charge in [0.1, 0.15) is 18.2 Å². The monoisotopic (exact) mass is 627 g/mol. The minimum atomic E-state index is -3.84. The van der Waals surface area contributed by atoms with Crippen LogP contribution in [0.2, 0.25) is 10.0 Å². The average Bonchev–Trinajstić information content (AvgIpc) is 2.95. The number of hydrogen-bond acceptors (Lipinski definition) is 6. The van der Waals surface area contributed by atoms with E-state index < -0.39 is 10.0 Å². The van der Waals surface area contributed by atoms with E-state index in [4.69, 9.17) is 32.9 Å². The van der Waals surface area contributed by atoms with Crippen molar-refractivity contribution in [1.82, 2.24) is 9.55 Å². The standard InChI is InChI=1S/C31H31Cl2N3O5S/c1-4-5-13-28-34-21(2)29(25-10-6-7-11-26(25)32)31(38)35(28)18-22-14-16-24(17-15-22)41-19-23-9-8-12-27(30(23)33)36(20-37)42(3,39)40/h6-12,14-17,20H,4-5,13,18-19H2,1-3H3. The van der Waals surface area contributed by atoms with Crippen molar-refractivity contribution in [1.29, 1.82) is 0 Å². The van der Waals surface area contributed by atoms with Crippen molar-refractivity contribution in [3.05, 3.63) is 110 Å². The van der Waals surface area contributed by atoms with Gasteiger partial charge in [0.15, 0.2) is 0 Å². The van der Waals surface area contributed by atoms with Crippen LogP contribution in [0.1, 0.15) is 42.4 Å². The lowest BCUT2D eigenvalue weighted by Crippen LogP contribution is -2.28. The number of carbonyl (C=O) groups excluding carboxylic acids is 1. The Balaban J connectivity index is 1.58. The number of rotatable bonds is 12. The molecule has 0 bridgehead atoms. The summed E-state index contributed by atoms with van der Waals surface area (Å²) >= 11 is 12.9. The Morgan fingerprint density at radius 1 is 1.02 bits per heavy atom. The number of halogens is 2. The van der Waals surface area contributed by atoms with Crippen molar-refractivity contribution in [2.24, 2.45) is 0 Å². The first-order chi connectivity index (χ1) is 20.0. The lowest BCUT2D eigenvalue weighted by atomic mass is 10.0. The summed E-state index contributed by atoms with van der Waals surface area (Å²) in [4.78, 5) is 30.0. The minimum absolute atomic E-state index is 0.0478. The molecule has 0 aliphatic heterocycles. The van der Waals surface area contributed by atoms with Gasteiger partial charge < -0.3 is 4.74 Å². The molecule has 1 amide bonds. The number of benzene rings is 3. The van der Waals surface area contributed by atoms with Crippen LogP contribution < -0.4 is 14.6 Å². The molecular weight excluding hydrogens is 597 g/mol. The van der Waals surface area contributed by atoms with E-state index in [-0.39, 0.29) is 29.3 Å². The number of unbranched alkanes of at least 4 members (excludes halogenated alkanes) is 1. The van der Waals surface area contributed by atoms with E-state index in [1.807, 2.05) is 37.3 Å². The number of amides is 1. The highest BCUT2D eigenvalue weighted by Gasteiger charge is 2.21. The summed E-state index contributed by atoms with van der Waals surface area (Å²) in [6.45, 7) is 4.31. The van der Waals surface area contributed by atoms with Crippen LogP contribution in [-0.4, -0.2) is 30.6 Å². The number of aryl methyl sites for hydroxylation is 2. The minimum Gasteiger partial charge on any atom is -0.489 e. The van der Waals surface area contributed by atoms with Crippen molar-refractivity contribution in [3.63, 3.8) is 0 Å². The molecular formula is C31H31Cl2N3O5S. The van der Waals surface area contributed by atoms with Crippen molar-refractivity contribution in [2.75, 3.05) is 10.6 Å². The maximum absolute atomic E-state index is 13.8. The molecule has 1 aromatic heterocycles. The van der Waals surface area contributed by atoms with E-state index in [1.54, 1.807) is 34.9 Å². The number of nitrogens with zero attached hydrogens (tertiary/aromatic N) is 3. The summed E-state index contributed by atoms with van der Waals surface area (Å²) < 4.78 is 32.1. The summed E-state index contributed by atoms with van der Waals surface area (Å²) in [5.74, 6) is 1.27. The summed E-state index contributed by atoms with van der Waals surface area (Å²) in [5, 5.41) is 0.599. The predicted octanol–water partition coefficient (Wildman–Crippen LogP) is 6.42. The topological polar surface area (TPSA) is 98.6 Å². The van der Waals surface area contributed by atoms with Crippen LogP contribution in [0.25, 0.3) is 11.1 Å². The molecule has 220 valence electrons. The second-order valence-electron chi connectivity index (χ2n) is 9.81. The Kier molecular flexibility index (Phi) is 10.1. The molecule has 0 aliphatic carbocycles. The first-order valence-corrected chi connectivity index (χ1v) is 15.9. The molecule has 4 aromatic rings. The number of aromatic nitrogens is 2. The molecule has 0 N–H and O–H groups in total. The maximum atomic E-state index is 13.8. The van der Waals surface area contributed by atoms with E-state index in [0.29, 0.717) is 50.4 Å². The zero-order valence-corrected chi connectivity index (χ0v) is 25.8. The van der Waals surface area contributed by atoms with E-state index in [9.17, 15) is 18.0 Å². The molecule has 4 rings (SSSR count). The van der Waals surface area contributed by atoms with Gasteiger partial charge in [0.2, 0.25) is 16.4 Å². The molecule has 0 unspecified atom stereocenters. The third-order valence-corrected chi connectivity index (χ3v) is 8.50. The van der Waals surface area contributed by atoms with Gasteiger partial charge in [0.25, 0.3) is 5.56 Å². The van der Waals surface area contributed by atoms with Gasteiger partial charge in [0.05, 0.1) is 34.8 Å². The molecule has 0 atom stereocenters. The molecule has 1 heterocycles. The summed E-state index contributed by atoms with van der Waals surface area (Å²) in [6, 6.07) is 19.3.